The van der Waals surface area contributed by atoms with Crippen molar-refractivity contribution in [2.45, 2.75) is 44.2 Å². The molecular formula is C18H20O10. The molecule has 1 aliphatic rings. The fourth-order valence-corrected chi connectivity index (χ4v) is 2.44. The standard InChI is InChI=1S/C18H20O10/c1-3-6-25-12-7-11(5-4-10(12)8-26-9(2)19)27-18-15(22)13(20)14(21)16(28-18)17(23)24/h1,4-5,7,13-16,18,20-22H,6,8H2,2H3,(H,23,24)/t13-,14-,15+,16-,18+/m0/s1. The molecule has 1 saturated heterocycles. The topological polar surface area (TPSA) is 152 Å². The number of terminal acetylenes is 1. The van der Waals surface area contributed by atoms with E-state index < -0.39 is 42.6 Å². The molecule has 0 saturated carbocycles. The first-order valence-electron chi connectivity index (χ1n) is 8.16. The molecule has 0 aliphatic carbocycles. The van der Waals surface area contributed by atoms with Gasteiger partial charge < -0.3 is 39.4 Å². The van der Waals surface area contributed by atoms with Crippen LogP contribution in [0.5, 0.6) is 11.5 Å². The second-order valence-electron chi connectivity index (χ2n) is 5.90. The summed E-state index contributed by atoms with van der Waals surface area (Å²) in [5.74, 6) is 0.593. The summed E-state index contributed by atoms with van der Waals surface area (Å²) in [6.07, 6.45) is -3.51. The Morgan fingerprint density at radius 1 is 1.21 bits per heavy atom. The number of carboxylic acids is 1. The first-order valence-corrected chi connectivity index (χ1v) is 8.16. The van der Waals surface area contributed by atoms with Crippen LogP contribution in [0.25, 0.3) is 0 Å². The van der Waals surface area contributed by atoms with Gasteiger partial charge in [-0.25, -0.2) is 4.79 Å². The van der Waals surface area contributed by atoms with Gasteiger partial charge in [-0.3, -0.25) is 4.79 Å². The van der Waals surface area contributed by atoms with Gasteiger partial charge in [0.2, 0.25) is 6.29 Å². The molecule has 10 heteroatoms. The molecule has 1 aromatic carbocycles. The number of ether oxygens (including phenoxy) is 4. The molecule has 0 radical (unpaired) electrons. The van der Waals surface area contributed by atoms with Crippen LogP contribution in [0.1, 0.15) is 12.5 Å². The zero-order valence-electron chi connectivity index (χ0n) is 14.8. The number of aliphatic hydroxyl groups excluding tert-OH is 3. The lowest BCUT2D eigenvalue weighted by Gasteiger charge is -2.38. The number of aliphatic hydroxyl groups is 3. The number of rotatable bonds is 7. The third-order valence-corrected chi connectivity index (χ3v) is 3.85. The van der Waals surface area contributed by atoms with Gasteiger partial charge in [0, 0.05) is 18.6 Å². The number of carbonyl (C=O) groups excluding carboxylic acids is 1. The number of esters is 1. The van der Waals surface area contributed by atoms with E-state index in [0.29, 0.717) is 5.56 Å². The van der Waals surface area contributed by atoms with E-state index in [9.17, 15) is 24.9 Å². The summed E-state index contributed by atoms with van der Waals surface area (Å²) < 4.78 is 20.8. The molecule has 0 spiro atoms. The smallest absolute Gasteiger partial charge is 0.335 e. The lowest BCUT2D eigenvalue weighted by atomic mass is 9.99. The molecule has 5 atom stereocenters. The molecule has 28 heavy (non-hydrogen) atoms. The normalized spacial score (nSPS) is 26.8. The van der Waals surface area contributed by atoms with Gasteiger partial charge in [-0.2, -0.15) is 0 Å². The summed E-state index contributed by atoms with van der Waals surface area (Å²) in [7, 11) is 0. The number of carbonyl (C=O) groups is 2. The second-order valence-corrected chi connectivity index (χ2v) is 5.90. The minimum Gasteiger partial charge on any atom is -0.480 e. The van der Waals surface area contributed by atoms with Gasteiger partial charge in [0.1, 0.15) is 43.0 Å². The number of hydrogen-bond acceptors (Lipinski definition) is 9. The van der Waals surface area contributed by atoms with Crippen LogP contribution in [0.3, 0.4) is 0 Å². The van der Waals surface area contributed by atoms with Gasteiger partial charge in [0.25, 0.3) is 0 Å². The van der Waals surface area contributed by atoms with Crippen molar-refractivity contribution in [3.63, 3.8) is 0 Å². The number of benzene rings is 1. The highest BCUT2D eigenvalue weighted by Gasteiger charge is 2.48. The third-order valence-electron chi connectivity index (χ3n) is 3.85. The van der Waals surface area contributed by atoms with Crippen molar-refractivity contribution in [3.05, 3.63) is 23.8 Å². The van der Waals surface area contributed by atoms with E-state index in [1.54, 1.807) is 0 Å². The Labute approximate surface area is 160 Å². The number of hydrogen-bond donors (Lipinski definition) is 4. The summed E-state index contributed by atoms with van der Waals surface area (Å²) >= 11 is 0. The van der Waals surface area contributed by atoms with Gasteiger partial charge in [-0.05, 0) is 12.1 Å². The largest absolute Gasteiger partial charge is 0.480 e. The van der Waals surface area contributed by atoms with E-state index in [4.69, 9.17) is 30.5 Å². The van der Waals surface area contributed by atoms with Crippen molar-refractivity contribution in [3.8, 4) is 23.8 Å². The molecule has 1 heterocycles. The summed E-state index contributed by atoms with van der Waals surface area (Å²) in [6, 6.07) is 4.32. The maximum atomic E-state index is 11.1. The molecule has 152 valence electrons. The maximum Gasteiger partial charge on any atom is 0.335 e. The van der Waals surface area contributed by atoms with Crippen LogP contribution in [-0.2, 0) is 25.7 Å². The Bertz CT molecular complexity index is 755. The number of carboxylic acid groups (broad SMARTS) is 1. The minimum absolute atomic E-state index is 0.0783. The molecule has 0 bridgehead atoms. The van der Waals surface area contributed by atoms with Crippen LogP contribution in [0.2, 0.25) is 0 Å². The van der Waals surface area contributed by atoms with Crippen molar-refractivity contribution in [1.82, 2.24) is 0 Å². The molecule has 0 aromatic heterocycles. The molecule has 0 unspecified atom stereocenters. The van der Waals surface area contributed by atoms with Crippen LogP contribution in [0, 0.1) is 12.3 Å². The van der Waals surface area contributed by atoms with Crippen molar-refractivity contribution < 1.29 is 49.0 Å². The SMILES string of the molecule is C#CCOc1cc(O[C@@H]2O[C@H](C(=O)O)[C@@H](O)[C@H](O)[C@H]2O)ccc1COC(C)=O. The van der Waals surface area contributed by atoms with E-state index in [2.05, 4.69) is 5.92 Å². The van der Waals surface area contributed by atoms with Crippen molar-refractivity contribution in [1.29, 1.82) is 0 Å². The Morgan fingerprint density at radius 3 is 2.54 bits per heavy atom. The summed E-state index contributed by atoms with van der Waals surface area (Å²) in [4.78, 5) is 22.1. The molecule has 10 nitrogen and oxygen atoms in total. The minimum atomic E-state index is -1.83. The van der Waals surface area contributed by atoms with Crippen molar-refractivity contribution >= 4 is 11.9 Å². The van der Waals surface area contributed by atoms with Crippen LogP contribution < -0.4 is 9.47 Å². The quantitative estimate of drug-likeness (QED) is 0.335. The van der Waals surface area contributed by atoms with Gasteiger partial charge >= 0.3 is 11.9 Å². The van der Waals surface area contributed by atoms with Gasteiger partial charge in [0.05, 0.1) is 0 Å². The van der Waals surface area contributed by atoms with Gasteiger partial charge in [-0.15, -0.1) is 6.42 Å². The summed E-state index contributed by atoms with van der Waals surface area (Å²) in [5.41, 5.74) is 0.488. The van der Waals surface area contributed by atoms with Crippen LogP contribution in [0.4, 0.5) is 0 Å². The lowest BCUT2D eigenvalue weighted by molar-refractivity contribution is -0.271. The molecule has 1 aliphatic heterocycles. The first kappa shape index (κ1) is 21.5. The highest BCUT2D eigenvalue weighted by Crippen LogP contribution is 2.29. The van der Waals surface area contributed by atoms with Gasteiger partial charge in [0.15, 0.2) is 6.10 Å². The van der Waals surface area contributed by atoms with E-state index in [1.807, 2.05) is 0 Å². The number of aliphatic carboxylic acids is 1. The molecule has 1 aromatic rings. The summed E-state index contributed by atoms with van der Waals surface area (Å²) in [5, 5.41) is 38.6. The Balaban J connectivity index is 2.20. The van der Waals surface area contributed by atoms with E-state index in [0.717, 1.165) is 0 Å². The van der Waals surface area contributed by atoms with E-state index in [1.165, 1.54) is 25.1 Å². The second kappa shape index (κ2) is 9.38. The van der Waals surface area contributed by atoms with Crippen LogP contribution in [0.15, 0.2) is 18.2 Å². The van der Waals surface area contributed by atoms with E-state index in [-0.39, 0.29) is 24.7 Å². The van der Waals surface area contributed by atoms with Crippen LogP contribution in [-0.4, -0.2) is 69.7 Å². The Morgan fingerprint density at radius 2 is 1.93 bits per heavy atom. The molecule has 2 rings (SSSR count). The zero-order valence-corrected chi connectivity index (χ0v) is 14.8. The van der Waals surface area contributed by atoms with E-state index >= 15 is 0 Å². The molecule has 0 amide bonds. The van der Waals surface area contributed by atoms with Crippen molar-refractivity contribution in [2.24, 2.45) is 0 Å². The maximum absolute atomic E-state index is 11.1. The highest BCUT2D eigenvalue weighted by atomic mass is 16.7. The molecule has 4 N–H and O–H groups in total. The van der Waals surface area contributed by atoms with Gasteiger partial charge in [-0.1, -0.05) is 5.92 Å². The van der Waals surface area contributed by atoms with Crippen LogP contribution >= 0.6 is 0 Å². The molecule has 1 fully saturated rings. The predicted octanol–water partition coefficient (Wildman–Crippen LogP) is -0.967. The highest BCUT2D eigenvalue weighted by molar-refractivity contribution is 5.73. The average Bonchev–Trinajstić information content (AvgIpc) is 2.65. The lowest BCUT2D eigenvalue weighted by Crippen LogP contribution is -2.61. The summed E-state index contributed by atoms with van der Waals surface area (Å²) in [6.45, 7) is 1.09. The first-order chi connectivity index (χ1) is 13.2. The molecular weight excluding hydrogens is 376 g/mol. The van der Waals surface area contributed by atoms with Crippen molar-refractivity contribution in [2.75, 3.05) is 6.61 Å². The average molecular weight is 396 g/mol. The fraction of sp³-hybridized carbons (Fsp3) is 0.444. The monoisotopic (exact) mass is 396 g/mol. The fourth-order valence-electron chi connectivity index (χ4n) is 2.44. The zero-order chi connectivity index (χ0) is 20.8. The Hall–Kier alpha value is -2.84. The Kier molecular flexibility index (Phi) is 7.19. The predicted molar refractivity (Wildman–Crippen MR) is 91.2 cm³/mol. The third kappa shape index (κ3) is 5.11.